The van der Waals surface area contributed by atoms with Crippen LogP contribution in [0.15, 0.2) is 89.6 Å². The lowest BCUT2D eigenvalue weighted by atomic mass is 10.1. The lowest BCUT2D eigenvalue weighted by Crippen LogP contribution is -2.32. The van der Waals surface area contributed by atoms with Crippen LogP contribution in [-0.4, -0.2) is 31.6 Å². The summed E-state index contributed by atoms with van der Waals surface area (Å²) in [7, 11) is 3.97. The van der Waals surface area contributed by atoms with Crippen molar-refractivity contribution in [2.45, 2.75) is 6.92 Å². The van der Waals surface area contributed by atoms with Gasteiger partial charge in [0.2, 0.25) is 0 Å². The van der Waals surface area contributed by atoms with Gasteiger partial charge < -0.3 is 4.90 Å². The minimum absolute atomic E-state index is 0.0157. The maximum Gasteiger partial charge on any atom is 0.282 e. The van der Waals surface area contributed by atoms with E-state index in [1.165, 1.54) is 6.92 Å². The van der Waals surface area contributed by atoms with Crippen LogP contribution < -0.4 is 9.80 Å². The topological polar surface area (TPSA) is 53.0 Å². The molecule has 1 heterocycles. The third-order valence-electron chi connectivity index (χ3n) is 5.14. The van der Waals surface area contributed by atoms with E-state index < -0.39 is 0 Å². The molecule has 0 spiro atoms. The molecule has 0 unspecified atom stereocenters. The van der Waals surface area contributed by atoms with Gasteiger partial charge in [-0.25, -0.2) is 4.99 Å². The van der Waals surface area contributed by atoms with E-state index >= 15 is 0 Å². The van der Waals surface area contributed by atoms with Gasteiger partial charge in [0.15, 0.2) is 5.78 Å². The monoisotopic (exact) mass is 409 g/mol. The van der Waals surface area contributed by atoms with Gasteiger partial charge in [0.1, 0.15) is 11.5 Å². The van der Waals surface area contributed by atoms with Crippen LogP contribution in [0.5, 0.6) is 0 Å². The van der Waals surface area contributed by atoms with Crippen LogP contribution in [0.1, 0.15) is 28.4 Å². The van der Waals surface area contributed by atoms with E-state index in [9.17, 15) is 9.59 Å². The Kier molecular flexibility index (Phi) is 5.50. The molecule has 0 aliphatic carbocycles. The smallest absolute Gasteiger partial charge is 0.282 e. The van der Waals surface area contributed by atoms with Crippen molar-refractivity contribution in [1.82, 2.24) is 0 Å². The van der Waals surface area contributed by atoms with E-state index in [0.717, 1.165) is 16.8 Å². The van der Waals surface area contributed by atoms with Crippen molar-refractivity contribution in [2.24, 2.45) is 4.99 Å². The molecule has 0 fully saturated rings. The van der Waals surface area contributed by atoms with Crippen LogP contribution in [0.25, 0.3) is 6.08 Å². The maximum absolute atomic E-state index is 13.4. The Hall–Kier alpha value is -3.99. The van der Waals surface area contributed by atoms with Crippen LogP contribution in [0.4, 0.5) is 11.4 Å². The van der Waals surface area contributed by atoms with E-state index in [1.807, 2.05) is 73.6 Å². The summed E-state index contributed by atoms with van der Waals surface area (Å²) >= 11 is 0. The highest BCUT2D eigenvalue weighted by Gasteiger charge is 2.32. The van der Waals surface area contributed by atoms with Gasteiger partial charge in [-0.05, 0) is 55.0 Å². The summed E-state index contributed by atoms with van der Waals surface area (Å²) in [5.41, 5.74) is 4.47. The van der Waals surface area contributed by atoms with Crippen LogP contribution in [0.2, 0.25) is 0 Å². The lowest BCUT2D eigenvalue weighted by molar-refractivity contribution is -0.113. The molecule has 0 atom stereocenters. The number of benzene rings is 3. The average molecular weight is 409 g/mol. The minimum atomic E-state index is -0.203. The molecule has 1 aliphatic rings. The second-order valence-corrected chi connectivity index (χ2v) is 7.56. The number of ketones is 1. The van der Waals surface area contributed by atoms with Crippen molar-refractivity contribution in [3.05, 3.63) is 101 Å². The number of carbonyl (C=O) groups is 2. The standard InChI is InChI=1S/C26H23N3O2/c1-18(30)20-11-15-23(16-12-20)29-25(21-7-5-4-6-8-21)27-24(26(29)31)17-19-9-13-22(14-10-19)28(2)3/h4-17H,1-3H3. The Morgan fingerprint density at radius 3 is 2.13 bits per heavy atom. The molecule has 31 heavy (non-hydrogen) atoms. The van der Waals surface area contributed by atoms with Crippen molar-refractivity contribution >= 4 is 35.0 Å². The van der Waals surface area contributed by atoms with Crippen molar-refractivity contribution < 1.29 is 9.59 Å². The van der Waals surface area contributed by atoms with Gasteiger partial charge in [-0.3, -0.25) is 14.5 Å². The van der Waals surface area contributed by atoms with Crippen molar-refractivity contribution in [3.63, 3.8) is 0 Å². The van der Waals surface area contributed by atoms with E-state index in [4.69, 9.17) is 0 Å². The summed E-state index contributed by atoms with van der Waals surface area (Å²) in [6, 6.07) is 24.6. The SMILES string of the molecule is CC(=O)c1ccc(N2C(=O)C(=Cc3ccc(N(C)C)cc3)N=C2c2ccccc2)cc1. The highest BCUT2D eigenvalue weighted by Crippen LogP contribution is 2.28. The molecule has 4 rings (SSSR count). The predicted octanol–water partition coefficient (Wildman–Crippen LogP) is 4.79. The quantitative estimate of drug-likeness (QED) is 0.450. The zero-order valence-electron chi connectivity index (χ0n) is 17.7. The summed E-state index contributed by atoms with van der Waals surface area (Å²) in [4.78, 5) is 33.3. The fourth-order valence-electron chi connectivity index (χ4n) is 3.41. The molecule has 3 aromatic carbocycles. The summed E-state index contributed by atoms with van der Waals surface area (Å²) in [5.74, 6) is 0.349. The maximum atomic E-state index is 13.4. The summed E-state index contributed by atoms with van der Waals surface area (Å²) < 4.78 is 0. The Balaban J connectivity index is 1.75. The van der Waals surface area contributed by atoms with Gasteiger partial charge in [0.25, 0.3) is 5.91 Å². The van der Waals surface area contributed by atoms with Crippen molar-refractivity contribution in [2.75, 3.05) is 23.9 Å². The number of hydrogen-bond acceptors (Lipinski definition) is 4. The van der Waals surface area contributed by atoms with Gasteiger partial charge in [0.05, 0.1) is 5.69 Å². The van der Waals surface area contributed by atoms with Crippen LogP contribution in [-0.2, 0) is 4.79 Å². The highest BCUT2D eigenvalue weighted by molar-refractivity contribution is 6.33. The van der Waals surface area contributed by atoms with Gasteiger partial charge in [0, 0.05) is 30.9 Å². The summed E-state index contributed by atoms with van der Waals surface area (Å²) in [5, 5.41) is 0. The van der Waals surface area contributed by atoms with E-state index in [1.54, 1.807) is 35.2 Å². The van der Waals surface area contributed by atoms with Gasteiger partial charge in [-0.1, -0.05) is 42.5 Å². The second kappa shape index (κ2) is 8.40. The van der Waals surface area contributed by atoms with Gasteiger partial charge >= 0.3 is 0 Å². The molecule has 154 valence electrons. The Labute approximate surface area is 182 Å². The largest absolute Gasteiger partial charge is 0.378 e. The first-order valence-electron chi connectivity index (χ1n) is 10.0. The molecular weight excluding hydrogens is 386 g/mol. The zero-order chi connectivity index (χ0) is 22.0. The third kappa shape index (κ3) is 4.16. The van der Waals surface area contributed by atoms with E-state index in [-0.39, 0.29) is 11.7 Å². The molecule has 0 radical (unpaired) electrons. The normalized spacial score (nSPS) is 14.7. The number of Topliss-reactive ketones (excluding diaryl/α,β-unsaturated/α-hetero) is 1. The third-order valence-corrected chi connectivity index (χ3v) is 5.14. The zero-order valence-corrected chi connectivity index (χ0v) is 17.7. The number of carbonyl (C=O) groups excluding carboxylic acids is 2. The summed E-state index contributed by atoms with van der Waals surface area (Å²) in [6.07, 6.45) is 1.80. The number of nitrogens with zero attached hydrogens (tertiary/aromatic N) is 3. The van der Waals surface area contributed by atoms with Gasteiger partial charge in [-0.15, -0.1) is 0 Å². The second-order valence-electron chi connectivity index (χ2n) is 7.56. The molecule has 1 amide bonds. The number of rotatable bonds is 5. The molecule has 1 aliphatic heterocycles. The molecule has 5 nitrogen and oxygen atoms in total. The Morgan fingerprint density at radius 1 is 0.903 bits per heavy atom. The number of anilines is 2. The molecule has 0 bridgehead atoms. The first-order valence-corrected chi connectivity index (χ1v) is 10.0. The molecule has 0 N–H and O–H groups in total. The number of hydrogen-bond donors (Lipinski definition) is 0. The molecule has 5 heteroatoms. The molecule has 0 aromatic heterocycles. The summed E-state index contributed by atoms with van der Waals surface area (Å²) in [6.45, 7) is 1.52. The average Bonchev–Trinajstić information content (AvgIpc) is 3.10. The van der Waals surface area contributed by atoms with Crippen LogP contribution in [0, 0.1) is 0 Å². The molecule has 0 saturated carbocycles. The van der Waals surface area contributed by atoms with Crippen molar-refractivity contribution in [1.29, 1.82) is 0 Å². The molecule has 0 saturated heterocycles. The number of amidine groups is 1. The number of amides is 1. The predicted molar refractivity (Wildman–Crippen MR) is 126 cm³/mol. The number of aliphatic imine (C=N–C) groups is 1. The van der Waals surface area contributed by atoms with Crippen LogP contribution in [0.3, 0.4) is 0 Å². The van der Waals surface area contributed by atoms with E-state index in [0.29, 0.717) is 22.8 Å². The first kappa shape index (κ1) is 20.3. The highest BCUT2D eigenvalue weighted by atomic mass is 16.2. The Bertz CT molecular complexity index is 1180. The minimum Gasteiger partial charge on any atom is -0.378 e. The Morgan fingerprint density at radius 2 is 1.55 bits per heavy atom. The van der Waals surface area contributed by atoms with Crippen molar-refractivity contribution in [3.8, 4) is 0 Å². The lowest BCUT2D eigenvalue weighted by Gasteiger charge is -2.18. The fraction of sp³-hybridized carbons (Fsp3) is 0.115. The molecule has 3 aromatic rings. The fourth-order valence-corrected chi connectivity index (χ4v) is 3.41. The molecular formula is C26H23N3O2. The van der Waals surface area contributed by atoms with Crippen LogP contribution >= 0.6 is 0 Å². The van der Waals surface area contributed by atoms with Gasteiger partial charge in [-0.2, -0.15) is 0 Å². The first-order chi connectivity index (χ1) is 14.9. The van der Waals surface area contributed by atoms with E-state index in [2.05, 4.69) is 4.99 Å².